The van der Waals surface area contributed by atoms with Crippen LogP contribution in [-0.2, 0) is 6.42 Å². The number of hydrogen-bond donors (Lipinski definition) is 3. The molecule has 1 heterocycles. The first-order valence-corrected chi connectivity index (χ1v) is 7.38. The van der Waals surface area contributed by atoms with E-state index in [2.05, 4.69) is 34.7 Å². The Hall–Kier alpha value is -1.97. The molecule has 0 aliphatic rings. The summed E-state index contributed by atoms with van der Waals surface area (Å²) in [7, 11) is 0. The van der Waals surface area contributed by atoms with Crippen LogP contribution in [0.5, 0.6) is 0 Å². The Kier molecular flexibility index (Phi) is 5.47. The zero-order valence-corrected chi connectivity index (χ0v) is 12.0. The summed E-state index contributed by atoms with van der Waals surface area (Å²) in [6.07, 6.45) is 6.24. The number of urea groups is 1. The number of carbonyl (C=O) groups excluding carboxylic acids is 1. The molecule has 4 heteroatoms. The first-order chi connectivity index (χ1) is 9.81. The number of aromatic nitrogens is 1. The lowest BCUT2D eigenvalue weighted by molar-refractivity contribution is 0.241. The summed E-state index contributed by atoms with van der Waals surface area (Å²) in [5.41, 5.74) is 2.39. The summed E-state index contributed by atoms with van der Waals surface area (Å²) in [6.45, 7) is 3.56. The number of nitrogens with one attached hydrogen (secondary N) is 3. The molecule has 1 aromatic heterocycles. The van der Waals surface area contributed by atoms with Crippen LogP contribution in [0.1, 0.15) is 31.7 Å². The summed E-state index contributed by atoms with van der Waals surface area (Å²) in [5, 5.41) is 7.01. The maximum Gasteiger partial charge on any atom is 0.314 e. The van der Waals surface area contributed by atoms with Gasteiger partial charge in [-0.05, 0) is 24.5 Å². The molecule has 108 valence electrons. The van der Waals surface area contributed by atoms with E-state index in [0.717, 1.165) is 31.3 Å². The van der Waals surface area contributed by atoms with E-state index in [9.17, 15) is 4.79 Å². The highest BCUT2D eigenvalue weighted by Gasteiger charge is 2.03. The van der Waals surface area contributed by atoms with Gasteiger partial charge in [-0.25, -0.2) is 4.79 Å². The molecule has 0 unspecified atom stereocenters. The van der Waals surface area contributed by atoms with Crippen LogP contribution in [-0.4, -0.2) is 24.1 Å². The minimum Gasteiger partial charge on any atom is -0.361 e. The van der Waals surface area contributed by atoms with Crippen LogP contribution in [0.2, 0.25) is 0 Å². The summed E-state index contributed by atoms with van der Waals surface area (Å²) in [5.74, 6) is 0. The quantitative estimate of drug-likeness (QED) is 0.667. The fraction of sp³-hybridized carbons (Fsp3) is 0.438. The van der Waals surface area contributed by atoms with Crippen molar-refractivity contribution in [1.82, 2.24) is 15.6 Å². The maximum absolute atomic E-state index is 11.6. The van der Waals surface area contributed by atoms with Crippen molar-refractivity contribution in [3.63, 3.8) is 0 Å². The van der Waals surface area contributed by atoms with Gasteiger partial charge >= 0.3 is 6.03 Å². The van der Waals surface area contributed by atoms with Crippen LogP contribution in [0.4, 0.5) is 4.79 Å². The second-order valence-corrected chi connectivity index (χ2v) is 5.00. The number of amides is 2. The summed E-state index contributed by atoms with van der Waals surface area (Å²) in [6, 6.07) is 8.15. The van der Waals surface area contributed by atoms with Gasteiger partial charge in [0.05, 0.1) is 0 Å². The van der Waals surface area contributed by atoms with E-state index >= 15 is 0 Å². The second-order valence-electron chi connectivity index (χ2n) is 5.00. The highest BCUT2D eigenvalue weighted by molar-refractivity contribution is 5.83. The van der Waals surface area contributed by atoms with Crippen LogP contribution in [0.15, 0.2) is 30.5 Å². The van der Waals surface area contributed by atoms with Crippen molar-refractivity contribution in [1.29, 1.82) is 0 Å². The molecule has 0 radical (unpaired) electrons. The number of para-hydroxylation sites is 1. The fourth-order valence-electron chi connectivity index (χ4n) is 2.29. The zero-order chi connectivity index (χ0) is 14.2. The highest BCUT2D eigenvalue weighted by atomic mass is 16.2. The van der Waals surface area contributed by atoms with Crippen molar-refractivity contribution in [2.45, 2.75) is 32.6 Å². The molecule has 2 amide bonds. The number of carbonyl (C=O) groups is 1. The lowest BCUT2D eigenvalue weighted by Gasteiger charge is -2.07. The van der Waals surface area contributed by atoms with Gasteiger partial charge in [-0.3, -0.25) is 0 Å². The predicted molar refractivity (Wildman–Crippen MR) is 82.9 cm³/mol. The molecule has 0 saturated carbocycles. The molecule has 0 saturated heterocycles. The van der Waals surface area contributed by atoms with Gasteiger partial charge in [0.25, 0.3) is 0 Å². The van der Waals surface area contributed by atoms with E-state index in [0.29, 0.717) is 6.54 Å². The SMILES string of the molecule is CCCCCNC(=O)NCCc1c[nH]c2ccccc12. The van der Waals surface area contributed by atoms with E-state index in [1.54, 1.807) is 0 Å². The van der Waals surface area contributed by atoms with Gasteiger partial charge in [0.2, 0.25) is 0 Å². The summed E-state index contributed by atoms with van der Waals surface area (Å²) < 4.78 is 0. The lowest BCUT2D eigenvalue weighted by Crippen LogP contribution is -2.37. The van der Waals surface area contributed by atoms with Gasteiger partial charge in [-0.15, -0.1) is 0 Å². The van der Waals surface area contributed by atoms with Crippen molar-refractivity contribution in [3.05, 3.63) is 36.0 Å². The standard InChI is InChI=1S/C16H23N3O/c1-2-3-6-10-17-16(20)18-11-9-13-12-19-15-8-5-4-7-14(13)15/h4-5,7-8,12,19H,2-3,6,9-11H2,1H3,(H2,17,18,20). The number of unbranched alkanes of at least 4 members (excludes halogenated alkanes) is 2. The van der Waals surface area contributed by atoms with E-state index in [-0.39, 0.29) is 6.03 Å². The fourth-order valence-corrected chi connectivity index (χ4v) is 2.29. The monoisotopic (exact) mass is 273 g/mol. The average molecular weight is 273 g/mol. The third-order valence-electron chi connectivity index (χ3n) is 3.42. The molecular formula is C16H23N3O. The van der Waals surface area contributed by atoms with Crippen LogP contribution < -0.4 is 10.6 Å². The Balaban J connectivity index is 1.71. The van der Waals surface area contributed by atoms with Crippen molar-refractivity contribution >= 4 is 16.9 Å². The van der Waals surface area contributed by atoms with E-state index in [4.69, 9.17) is 0 Å². The highest BCUT2D eigenvalue weighted by Crippen LogP contribution is 2.17. The number of benzene rings is 1. The molecule has 3 N–H and O–H groups in total. The smallest absolute Gasteiger partial charge is 0.314 e. The van der Waals surface area contributed by atoms with Gasteiger partial charge in [-0.2, -0.15) is 0 Å². The Labute approximate surface area is 120 Å². The van der Waals surface area contributed by atoms with Gasteiger partial charge in [0, 0.05) is 30.2 Å². The minimum absolute atomic E-state index is 0.0686. The molecular weight excluding hydrogens is 250 g/mol. The molecule has 0 bridgehead atoms. The Morgan fingerprint density at radius 1 is 1.15 bits per heavy atom. The number of rotatable bonds is 7. The number of H-pyrrole nitrogens is 1. The average Bonchev–Trinajstić information content (AvgIpc) is 2.87. The predicted octanol–water partition coefficient (Wildman–Crippen LogP) is 3.20. The summed E-state index contributed by atoms with van der Waals surface area (Å²) in [4.78, 5) is 14.8. The van der Waals surface area contributed by atoms with Gasteiger partial charge in [0.1, 0.15) is 0 Å². The van der Waals surface area contributed by atoms with Crippen LogP contribution in [0, 0.1) is 0 Å². The molecule has 2 aromatic rings. The zero-order valence-electron chi connectivity index (χ0n) is 12.0. The molecule has 20 heavy (non-hydrogen) atoms. The first-order valence-electron chi connectivity index (χ1n) is 7.38. The van der Waals surface area contributed by atoms with Crippen molar-refractivity contribution < 1.29 is 4.79 Å². The van der Waals surface area contributed by atoms with E-state index in [1.807, 2.05) is 18.3 Å². The largest absolute Gasteiger partial charge is 0.361 e. The third-order valence-corrected chi connectivity index (χ3v) is 3.42. The van der Waals surface area contributed by atoms with Gasteiger partial charge in [0.15, 0.2) is 0 Å². The van der Waals surface area contributed by atoms with Crippen molar-refractivity contribution in [2.24, 2.45) is 0 Å². The Morgan fingerprint density at radius 3 is 2.80 bits per heavy atom. The topological polar surface area (TPSA) is 56.9 Å². The van der Waals surface area contributed by atoms with E-state index < -0.39 is 0 Å². The first kappa shape index (κ1) is 14.4. The van der Waals surface area contributed by atoms with Crippen molar-refractivity contribution in [2.75, 3.05) is 13.1 Å². The molecule has 1 aromatic carbocycles. The molecule has 0 aliphatic carbocycles. The molecule has 0 atom stereocenters. The lowest BCUT2D eigenvalue weighted by atomic mass is 10.1. The number of hydrogen-bond acceptors (Lipinski definition) is 1. The summed E-state index contributed by atoms with van der Waals surface area (Å²) >= 11 is 0. The normalized spacial score (nSPS) is 10.7. The van der Waals surface area contributed by atoms with Crippen LogP contribution >= 0.6 is 0 Å². The minimum atomic E-state index is -0.0686. The van der Waals surface area contributed by atoms with Crippen LogP contribution in [0.25, 0.3) is 10.9 Å². The molecule has 0 spiro atoms. The second kappa shape index (κ2) is 7.58. The third kappa shape index (κ3) is 4.02. The van der Waals surface area contributed by atoms with Gasteiger partial charge < -0.3 is 15.6 Å². The number of fused-ring (bicyclic) bond motifs is 1. The van der Waals surface area contributed by atoms with Crippen LogP contribution in [0.3, 0.4) is 0 Å². The van der Waals surface area contributed by atoms with E-state index in [1.165, 1.54) is 17.4 Å². The molecule has 4 nitrogen and oxygen atoms in total. The molecule has 0 aliphatic heterocycles. The Bertz CT molecular complexity index is 547. The Morgan fingerprint density at radius 2 is 1.95 bits per heavy atom. The van der Waals surface area contributed by atoms with Gasteiger partial charge in [-0.1, -0.05) is 38.0 Å². The molecule has 2 rings (SSSR count). The van der Waals surface area contributed by atoms with Crippen molar-refractivity contribution in [3.8, 4) is 0 Å². The molecule has 0 fully saturated rings. The number of aromatic amines is 1. The maximum atomic E-state index is 11.6.